The summed E-state index contributed by atoms with van der Waals surface area (Å²) in [6, 6.07) is 14.9. The predicted molar refractivity (Wildman–Crippen MR) is 72.0 cm³/mol. The molecule has 0 bridgehead atoms. The summed E-state index contributed by atoms with van der Waals surface area (Å²) in [6.45, 7) is 4.03. The lowest BCUT2D eigenvalue weighted by atomic mass is 10.0. The third kappa shape index (κ3) is 2.77. The van der Waals surface area contributed by atoms with Gasteiger partial charge in [-0.3, -0.25) is 0 Å². The van der Waals surface area contributed by atoms with E-state index in [2.05, 4.69) is 6.92 Å². The quantitative estimate of drug-likeness (QED) is 0.603. The molecule has 2 heteroatoms. The summed E-state index contributed by atoms with van der Waals surface area (Å²) in [7, 11) is 0. The van der Waals surface area contributed by atoms with E-state index in [1.165, 1.54) is 5.56 Å². The van der Waals surface area contributed by atoms with Gasteiger partial charge in [-0.05, 0) is 42.7 Å². The van der Waals surface area contributed by atoms with Gasteiger partial charge in [0.2, 0.25) is 0 Å². The molecular weight excluding hydrogens is 224 g/mol. The molecule has 0 spiro atoms. The second kappa shape index (κ2) is 5.50. The fourth-order valence-electron chi connectivity index (χ4n) is 1.83. The lowest BCUT2D eigenvalue weighted by molar-refractivity contribution is 0.0734. The summed E-state index contributed by atoms with van der Waals surface area (Å²) in [5.41, 5.74) is 2.80. The van der Waals surface area contributed by atoms with Gasteiger partial charge in [0.05, 0.1) is 5.56 Å². The molecule has 0 aromatic heterocycles. The van der Waals surface area contributed by atoms with Crippen molar-refractivity contribution in [3.8, 4) is 5.75 Å². The molecule has 2 aromatic rings. The van der Waals surface area contributed by atoms with E-state index in [0.717, 1.165) is 12.0 Å². The Morgan fingerprint density at radius 1 is 1.11 bits per heavy atom. The summed E-state index contributed by atoms with van der Waals surface area (Å²) in [5, 5.41) is 0. The normalized spacial score (nSPS) is 10.1. The summed E-state index contributed by atoms with van der Waals surface area (Å²) in [6.07, 6.45) is 0.967. The number of aryl methyl sites for hydroxylation is 2. The molecular formula is C16H16O2. The van der Waals surface area contributed by atoms with Gasteiger partial charge < -0.3 is 4.74 Å². The van der Waals surface area contributed by atoms with Crippen molar-refractivity contribution in [1.82, 2.24) is 0 Å². The van der Waals surface area contributed by atoms with Gasteiger partial charge in [-0.25, -0.2) is 4.79 Å². The van der Waals surface area contributed by atoms with Crippen LogP contribution < -0.4 is 4.74 Å². The highest BCUT2D eigenvalue weighted by Crippen LogP contribution is 2.16. The fraction of sp³-hybridized carbons (Fsp3) is 0.188. The molecule has 0 saturated carbocycles. The molecule has 0 heterocycles. The minimum atomic E-state index is -0.304. The molecule has 0 atom stereocenters. The Hall–Kier alpha value is -2.09. The molecule has 92 valence electrons. The average molecular weight is 240 g/mol. The summed E-state index contributed by atoms with van der Waals surface area (Å²) in [5.74, 6) is 0.267. The molecule has 0 saturated heterocycles. The number of benzene rings is 2. The van der Waals surface area contributed by atoms with E-state index in [-0.39, 0.29) is 5.97 Å². The Kier molecular flexibility index (Phi) is 3.78. The first kappa shape index (κ1) is 12.4. The second-order valence-electron chi connectivity index (χ2n) is 4.21. The first-order chi connectivity index (χ1) is 8.70. The lowest BCUT2D eigenvalue weighted by Crippen LogP contribution is -2.10. The van der Waals surface area contributed by atoms with Gasteiger partial charge in [0.15, 0.2) is 0 Å². The van der Waals surface area contributed by atoms with Crippen molar-refractivity contribution >= 4 is 5.97 Å². The summed E-state index contributed by atoms with van der Waals surface area (Å²) in [4.78, 5) is 12.0. The van der Waals surface area contributed by atoms with Crippen LogP contribution in [0.1, 0.15) is 28.4 Å². The van der Waals surface area contributed by atoms with Crippen LogP contribution in [0.5, 0.6) is 5.75 Å². The Morgan fingerprint density at radius 2 is 1.83 bits per heavy atom. The third-order valence-corrected chi connectivity index (χ3v) is 2.87. The van der Waals surface area contributed by atoms with E-state index in [1.54, 1.807) is 12.1 Å². The maximum absolute atomic E-state index is 12.0. The highest BCUT2D eigenvalue weighted by atomic mass is 16.5. The third-order valence-electron chi connectivity index (χ3n) is 2.87. The van der Waals surface area contributed by atoms with Crippen LogP contribution in [0.4, 0.5) is 0 Å². The van der Waals surface area contributed by atoms with E-state index in [1.807, 2.05) is 43.3 Å². The zero-order chi connectivity index (χ0) is 13.0. The van der Waals surface area contributed by atoms with Gasteiger partial charge in [-0.1, -0.05) is 37.3 Å². The zero-order valence-electron chi connectivity index (χ0n) is 10.6. The van der Waals surface area contributed by atoms with Crippen LogP contribution in [-0.4, -0.2) is 5.97 Å². The highest BCUT2D eigenvalue weighted by Gasteiger charge is 2.11. The molecule has 0 aliphatic rings. The number of esters is 1. The first-order valence-electron chi connectivity index (χ1n) is 6.07. The number of para-hydroxylation sites is 1. The van der Waals surface area contributed by atoms with Crippen LogP contribution in [0, 0.1) is 6.92 Å². The van der Waals surface area contributed by atoms with Gasteiger partial charge in [0.1, 0.15) is 5.75 Å². The Morgan fingerprint density at radius 3 is 2.44 bits per heavy atom. The maximum atomic E-state index is 12.0. The van der Waals surface area contributed by atoms with Crippen molar-refractivity contribution < 1.29 is 9.53 Å². The van der Waals surface area contributed by atoms with Crippen LogP contribution >= 0.6 is 0 Å². The number of ether oxygens (including phenoxy) is 1. The smallest absolute Gasteiger partial charge is 0.343 e. The van der Waals surface area contributed by atoms with Crippen molar-refractivity contribution in [2.45, 2.75) is 20.3 Å². The number of carbonyl (C=O) groups excluding carboxylic acids is 1. The number of carbonyl (C=O) groups is 1. The Labute approximate surface area is 107 Å². The summed E-state index contributed by atoms with van der Waals surface area (Å²) < 4.78 is 5.32. The van der Waals surface area contributed by atoms with E-state index >= 15 is 0 Å². The van der Waals surface area contributed by atoms with Crippen LogP contribution in [0.15, 0.2) is 48.5 Å². The Balaban J connectivity index is 2.19. The maximum Gasteiger partial charge on any atom is 0.343 e. The van der Waals surface area contributed by atoms with Crippen LogP contribution in [-0.2, 0) is 6.42 Å². The van der Waals surface area contributed by atoms with Gasteiger partial charge in [-0.2, -0.15) is 0 Å². The Bertz CT molecular complexity index is 544. The summed E-state index contributed by atoms with van der Waals surface area (Å²) >= 11 is 0. The van der Waals surface area contributed by atoms with Crippen LogP contribution in [0.2, 0.25) is 0 Å². The molecule has 0 unspecified atom stereocenters. The molecule has 18 heavy (non-hydrogen) atoms. The zero-order valence-corrected chi connectivity index (χ0v) is 10.6. The van der Waals surface area contributed by atoms with Crippen molar-refractivity contribution in [1.29, 1.82) is 0 Å². The number of hydrogen-bond donors (Lipinski definition) is 0. The van der Waals surface area contributed by atoms with E-state index in [4.69, 9.17) is 4.74 Å². The monoisotopic (exact) mass is 240 g/mol. The fourth-order valence-corrected chi connectivity index (χ4v) is 1.83. The molecule has 0 aliphatic heterocycles. The second-order valence-corrected chi connectivity index (χ2v) is 4.21. The van der Waals surface area contributed by atoms with Gasteiger partial charge >= 0.3 is 5.97 Å². The van der Waals surface area contributed by atoms with Gasteiger partial charge in [0.25, 0.3) is 0 Å². The van der Waals surface area contributed by atoms with E-state index in [0.29, 0.717) is 11.3 Å². The minimum Gasteiger partial charge on any atom is -0.423 e. The standard InChI is InChI=1S/C16H16O2/c1-3-13-9-10-15(12(2)11-13)16(17)18-14-7-5-4-6-8-14/h4-11H,3H2,1-2H3. The van der Waals surface area contributed by atoms with E-state index < -0.39 is 0 Å². The topological polar surface area (TPSA) is 26.3 Å². The van der Waals surface area contributed by atoms with Crippen LogP contribution in [0.3, 0.4) is 0 Å². The molecule has 0 aliphatic carbocycles. The molecule has 0 radical (unpaired) electrons. The molecule has 0 fully saturated rings. The molecule has 0 amide bonds. The van der Waals surface area contributed by atoms with Crippen molar-refractivity contribution in [2.75, 3.05) is 0 Å². The largest absolute Gasteiger partial charge is 0.423 e. The molecule has 2 rings (SSSR count). The van der Waals surface area contributed by atoms with Crippen molar-refractivity contribution in [3.63, 3.8) is 0 Å². The lowest BCUT2D eigenvalue weighted by Gasteiger charge is -2.08. The van der Waals surface area contributed by atoms with Crippen LogP contribution in [0.25, 0.3) is 0 Å². The van der Waals surface area contributed by atoms with Gasteiger partial charge in [0, 0.05) is 0 Å². The van der Waals surface area contributed by atoms with Gasteiger partial charge in [-0.15, -0.1) is 0 Å². The molecule has 2 aromatic carbocycles. The average Bonchev–Trinajstić information content (AvgIpc) is 2.39. The van der Waals surface area contributed by atoms with E-state index in [9.17, 15) is 4.79 Å². The SMILES string of the molecule is CCc1ccc(C(=O)Oc2ccccc2)c(C)c1. The molecule has 2 nitrogen and oxygen atoms in total. The molecule has 0 N–H and O–H groups in total. The van der Waals surface area contributed by atoms with Crippen molar-refractivity contribution in [3.05, 3.63) is 65.2 Å². The minimum absolute atomic E-state index is 0.304. The number of hydrogen-bond acceptors (Lipinski definition) is 2. The number of rotatable bonds is 3. The first-order valence-corrected chi connectivity index (χ1v) is 6.07. The highest BCUT2D eigenvalue weighted by molar-refractivity contribution is 5.92. The van der Waals surface area contributed by atoms with Crippen molar-refractivity contribution in [2.24, 2.45) is 0 Å². The predicted octanol–water partition coefficient (Wildman–Crippen LogP) is 3.78.